The summed E-state index contributed by atoms with van der Waals surface area (Å²) in [5, 5.41) is 17.4. The van der Waals surface area contributed by atoms with Crippen molar-refractivity contribution in [3.8, 4) is 11.3 Å². The summed E-state index contributed by atoms with van der Waals surface area (Å²) in [5.41, 5.74) is 3.45. The number of carboxylic acids is 1. The molecule has 190 valence electrons. The molecule has 3 aromatic carbocycles. The van der Waals surface area contributed by atoms with Crippen molar-refractivity contribution in [2.75, 3.05) is 11.4 Å². The predicted molar refractivity (Wildman–Crippen MR) is 151 cm³/mol. The van der Waals surface area contributed by atoms with Gasteiger partial charge in [-0.05, 0) is 46.9 Å². The van der Waals surface area contributed by atoms with E-state index >= 15 is 0 Å². The van der Waals surface area contributed by atoms with Crippen molar-refractivity contribution in [1.29, 1.82) is 0 Å². The number of carboxylic acid groups (broad SMARTS) is 1. The van der Waals surface area contributed by atoms with E-state index in [4.69, 9.17) is 4.98 Å². The molecule has 4 aromatic rings. The van der Waals surface area contributed by atoms with E-state index in [0.717, 1.165) is 22.0 Å². The maximum absolute atomic E-state index is 12.6. The Bertz CT molecular complexity index is 1390. The van der Waals surface area contributed by atoms with Crippen molar-refractivity contribution in [1.82, 2.24) is 10.3 Å². The Kier molecular flexibility index (Phi) is 8.36. The number of hydrogen-bond acceptors (Lipinski definition) is 5. The number of amides is 1. The van der Waals surface area contributed by atoms with E-state index in [-0.39, 0.29) is 11.8 Å². The Hall–Kier alpha value is -3.97. The van der Waals surface area contributed by atoms with Crippen molar-refractivity contribution in [2.24, 2.45) is 5.92 Å². The van der Waals surface area contributed by atoms with Crippen LogP contribution >= 0.6 is 11.3 Å². The van der Waals surface area contributed by atoms with Crippen LogP contribution in [0.2, 0.25) is 0 Å². The molecule has 7 heteroatoms. The molecule has 1 heterocycles. The molecule has 1 unspecified atom stereocenters. The van der Waals surface area contributed by atoms with Gasteiger partial charge in [0.15, 0.2) is 5.13 Å². The summed E-state index contributed by atoms with van der Waals surface area (Å²) >= 11 is 1.59. The molecule has 6 nitrogen and oxygen atoms in total. The Balaban J connectivity index is 1.46. The maximum Gasteiger partial charge on any atom is 0.326 e. The van der Waals surface area contributed by atoms with Crippen LogP contribution in [0.25, 0.3) is 22.0 Å². The first-order valence-corrected chi connectivity index (χ1v) is 13.1. The molecular formula is C30H31N3O3S. The zero-order valence-electron chi connectivity index (χ0n) is 21.1. The van der Waals surface area contributed by atoms with Crippen LogP contribution in [0.15, 0.2) is 84.8 Å². The highest BCUT2D eigenvalue weighted by atomic mass is 32.1. The summed E-state index contributed by atoms with van der Waals surface area (Å²) in [5.74, 6) is -1.25. The number of nitrogens with zero attached hydrogens (tertiary/aromatic N) is 2. The fourth-order valence-corrected chi connectivity index (χ4v) is 5.02. The molecule has 1 amide bonds. The topological polar surface area (TPSA) is 82.5 Å². The molecule has 4 rings (SSSR count). The molecule has 0 fully saturated rings. The van der Waals surface area contributed by atoms with E-state index in [1.165, 1.54) is 10.8 Å². The van der Waals surface area contributed by atoms with Crippen LogP contribution in [-0.4, -0.2) is 34.6 Å². The van der Waals surface area contributed by atoms with Gasteiger partial charge in [-0.15, -0.1) is 17.9 Å². The van der Waals surface area contributed by atoms with Gasteiger partial charge in [-0.2, -0.15) is 0 Å². The number of nitrogens with one attached hydrogen (secondary N) is 1. The van der Waals surface area contributed by atoms with Crippen LogP contribution < -0.4 is 10.2 Å². The smallest absolute Gasteiger partial charge is 0.326 e. The van der Waals surface area contributed by atoms with E-state index in [2.05, 4.69) is 52.5 Å². The molecule has 0 bridgehead atoms. The lowest BCUT2D eigenvalue weighted by Gasteiger charge is -2.20. The first-order chi connectivity index (χ1) is 17.8. The second kappa shape index (κ2) is 11.8. The molecule has 0 aliphatic heterocycles. The molecule has 0 saturated carbocycles. The van der Waals surface area contributed by atoms with Gasteiger partial charge >= 0.3 is 5.97 Å². The highest BCUT2D eigenvalue weighted by molar-refractivity contribution is 7.14. The summed E-state index contributed by atoms with van der Waals surface area (Å²) in [6.07, 6.45) is 2.23. The third kappa shape index (κ3) is 6.62. The SMILES string of the molecule is C=CCN(Cc1ccc(C(=O)NC(CC(C)C)C(=O)O)cc1)c1nc(-c2ccc3ccccc3c2)cs1. The maximum atomic E-state index is 12.6. The Morgan fingerprint density at radius 3 is 2.49 bits per heavy atom. The molecule has 1 atom stereocenters. The molecule has 1 aromatic heterocycles. The number of carbonyl (C=O) groups is 2. The second-order valence-corrected chi connectivity index (χ2v) is 10.3. The van der Waals surface area contributed by atoms with E-state index in [1.54, 1.807) is 23.5 Å². The van der Waals surface area contributed by atoms with Crippen LogP contribution in [0.5, 0.6) is 0 Å². The number of aliphatic carboxylic acids is 1. The highest BCUT2D eigenvalue weighted by Crippen LogP contribution is 2.30. The lowest BCUT2D eigenvalue weighted by Crippen LogP contribution is -2.41. The summed E-state index contributed by atoms with van der Waals surface area (Å²) in [4.78, 5) is 31.1. The largest absolute Gasteiger partial charge is 0.480 e. The van der Waals surface area contributed by atoms with Gasteiger partial charge in [-0.1, -0.05) is 68.5 Å². The van der Waals surface area contributed by atoms with Gasteiger partial charge in [-0.3, -0.25) is 4.79 Å². The molecule has 0 aliphatic carbocycles. The number of anilines is 1. The first-order valence-electron chi connectivity index (χ1n) is 12.3. The number of aromatic nitrogens is 1. The van der Waals surface area contributed by atoms with E-state index in [1.807, 2.05) is 44.2 Å². The number of thiazole rings is 1. The van der Waals surface area contributed by atoms with Crippen molar-refractivity contribution < 1.29 is 14.7 Å². The van der Waals surface area contributed by atoms with Crippen molar-refractivity contribution in [3.05, 3.63) is 95.9 Å². The minimum Gasteiger partial charge on any atom is -0.480 e. The Labute approximate surface area is 221 Å². The molecule has 2 N–H and O–H groups in total. The van der Waals surface area contributed by atoms with Crippen molar-refractivity contribution in [3.63, 3.8) is 0 Å². The normalized spacial score (nSPS) is 11.9. The molecule has 0 radical (unpaired) electrons. The summed E-state index contributed by atoms with van der Waals surface area (Å²) in [6, 6.07) is 21.0. The Morgan fingerprint density at radius 1 is 1.08 bits per heavy atom. The van der Waals surface area contributed by atoms with Gasteiger partial charge in [-0.25, -0.2) is 9.78 Å². The third-order valence-corrected chi connectivity index (χ3v) is 6.96. The molecule has 0 aliphatic rings. The lowest BCUT2D eigenvalue weighted by atomic mass is 10.0. The van der Waals surface area contributed by atoms with Gasteiger partial charge in [0.25, 0.3) is 5.91 Å². The van der Waals surface area contributed by atoms with E-state index in [0.29, 0.717) is 25.1 Å². The summed E-state index contributed by atoms with van der Waals surface area (Å²) in [7, 11) is 0. The fourth-order valence-electron chi connectivity index (χ4n) is 4.17. The number of fused-ring (bicyclic) bond motifs is 1. The highest BCUT2D eigenvalue weighted by Gasteiger charge is 2.22. The summed E-state index contributed by atoms with van der Waals surface area (Å²) in [6.45, 7) is 8.99. The fraction of sp³-hybridized carbons (Fsp3) is 0.233. The van der Waals surface area contributed by atoms with Crippen molar-refractivity contribution >= 4 is 39.1 Å². The monoisotopic (exact) mass is 513 g/mol. The van der Waals surface area contributed by atoms with Crippen LogP contribution in [-0.2, 0) is 11.3 Å². The second-order valence-electron chi connectivity index (χ2n) is 9.44. The van der Waals surface area contributed by atoms with Crippen LogP contribution in [0.4, 0.5) is 5.13 Å². The van der Waals surface area contributed by atoms with Gasteiger partial charge in [0, 0.05) is 29.6 Å². The van der Waals surface area contributed by atoms with Crippen molar-refractivity contribution in [2.45, 2.75) is 32.9 Å². The standard InChI is InChI=1S/C30H31N3O3S/c1-4-15-33(30-32-27(19-37-30)25-14-13-22-7-5-6-8-24(22)17-25)18-21-9-11-23(12-10-21)28(34)31-26(29(35)36)16-20(2)3/h4-14,17,19-20,26H,1,15-16,18H2,2-3H3,(H,31,34)(H,35,36). The third-order valence-electron chi connectivity index (χ3n) is 6.06. The minimum absolute atomic E-state index is 0.159. The minimum atomic E-state index is -1.02. The number of hydrogen-bond donors (Lipinski definition) is 2. The average Bonchev–Trinajstić information content (AvgIpc) is 3.38. The first kappa shape index (κ1) is 26.1. The van der Waals surface area contributed by atoms with Gasteiger partial charge in [0.2, 0.25) is 0 Å². The van der Waals surface area contributed by atoms with Gasteiger partial charge in [0.05, 0.1) is 5.69 Å². The molecular weight excluding hydrogens is 482 g/mol. The zero-order valence-corrected chi connectivity index (χ0v) is 21.9. The molecule has 37 heavy (non-hydrogen) atoms. The van der Waals surface area contributed by atoms with Crippen LogP contribution in [0.3, 0.4) is 0 Å². The zero-order chi connectivity index (χ0) is 26.4. The number of rotatable bonds is 11. The van der Waals surface area contributed by atoms with Gasteiger partial charge in [0.1, 0.15) is 6.04 Å². The number of benzene rings is 3. The molecule has 0 spiro atoms. The quantitative estimate of drug-likeness (QED) is 0.227. The molecule has 0 saturated heterocycles. The van der Waals surface area contributed by atoms with E-state index in [9.17, 15) is 14.7 Å². The number of carbonyl (C=O) groups excluding carboxylic acids is 1. The summed E-state index contributed by atoms with van der Waals surface area (Å²) < 4.78 is 0. The Morgan fingerprint density at radius 2 is 1.81 bits per heavy atom. The van der Waals surface area contributed by atoms with Crippen LogP contribution in [0, 0.1) is 5.92 Å². The predicted octanol–water partition coefficient (Wildman–Crippen LogP) is 6.39. The van der Waals surface area contributed by atoms with E-state index < -0.39 is 12.0 Å². The van der Waals surface area contributed by atoms with Crippen LogP contribution in [0.1, 0.15) is 36.2 Å². The lowest BCUT2D eigenvalue weighted by molar-refractivity contribution is -0.139. The average molecular weight is 514 g/mol. The van der Waals surface area contributed by atoms with Gasteiger partial charge < -0.3 is 15.3 Å².